The van der Waals surface area contributed by atoms with E-state index < -0.39 is 10.1 Å². The molecule has 0 aliphatic carbocycles. The second-order valence-corrected chi connectivity index (χ2v) is 9.25. The standard InChI is InChI=1S/C21H34INO6S.Na.H/c1-2-3-4-5-6-8-11-20(29-22)23-17-10-7-9-12-21(24)28-18-13-15-19(16-14-18)30(25,26)27;;/h13-16,20,23H,2-12,17H2,1H3,(H,25,26,27);;. The summed E-state index contributed by atoms with van der Waals surface area (Å²) in [6.45, 7) is 3.07. The number of halogens is 1. The van der Waals surface area contributed by atoms with Gasteiger partial charge in [-0.05, 0) is 56.5 Å². The molecule has 10 heteroatoms. The maximum atomic E-state index is 11.9. The Morgan fingerprint density at radius 3 is 2.26 bits per heavy atom. The van der Waals surface area contributed by atoms with Crippen LogP contribution in [0.4, 0.5) is 0 Å². The van der Waals surface area contributed by atoms with Gasteiger partial charge in [0.15, 0.2) is 0 Å². The van der Waals surface area contributed by atoms with Crippen molar-refractivity contribution in [2.24, 2.45) is 0 Å². The minimum absolute atomic E-state index is 0. The molecule has 1 atom stereocenters. The molecule has 2 N–H and O–H groups in total. The SMILES string of the molecule is CCCCCCCCC(NCCCCCC(=O)Oc1ccc(S(=O)(=O)O)cc1)OI.[NaH]. The van der Waals surface area contributed by atoms with Gasteiger partial charge in [0.1, 0.15) is 35.0 Å². The number of carbonyl (C=O) groups is 1. The van der Waals surface area contributed by atoms with Gasteiger partial charge in [0.05, 0.1) is 4.90 Å². The molecule has 0 radical (unpaired) electrons. The van der Waals surface area contributed by atoms with Crippen molar-refractivity contribution in [1.82, 2.24) is 5.32 Å². The van der Waals surface area contributed by atoms with Crippen LogP contribution in [0.25, 0.3) is 0 Å². The number of rotatable bonds is 17. The van der Waals surface area contributed by atoms with E-state index >= 15 is 0 Å². The van der Waals surface area contributed by atoms with Crippen molar-refractivity contribution in [1.29, 1.82) is 0 Å². The molecule has 1 aromatic carbocycles. The Morgan fingerprint density at radius 2 is 1.65 bits per heavy atom. The second kappa shape index (κ2) is 18.7. The molecular weight excluding hydrogens is 544 g/mol. The van der Waals surface area contributed by atoms with Gasteiger partial charge in [-0.2, -0.15) is 8.42 Å². The summed E-state index contributed by atoms with van der Waals surface area (Å²) in [7, 11) is -4.25. The minimum atomic E-state index is -4.25. The molecule has 0 amide bonds. The Kier molecular flexibility index (Phi) is 18.8. The van der Waals surface area contributed by atoms with Gasteiger partial charge < -0.3 is 4.74 Å². The zero-order valence-corrected chi connectivity index (χ0v) is 20.6. The number of benzene rings is 1. The van der Waals surface area contributed by atoms with Crippen LogP contribution in [0, 0.1) is 0 Å². The van der Waals surface area contributed by atoms with Gasteiger partial charge in [-0.25, -0.2) is 0 Å². The molecule has 174 valence electrons. The number of esters is 1. The Labute approximate surface area is 223 Å². The summed E-state index contributed by atoms with van der Waals surface area (Å²) in [5, 5.41) is 3.40. The molecule has 1 rings (SSSR count). The van der Waals surface area contributed by atoms with Gasteiger partial charge in [-0.1, -0.05) is 45.4 Å². The predicted octanol–water partition coefficient (Wildman–Crippen LogP) is 4.78. The predicted molar refractivity (Wildman–Crippen MR) is 132 cm³/mol. The fourth-order valence-electron chi connectivity index (χ4n) is 2.98. The van der Waals surface area contributed by atoms with Crippen LogP contribution in [0.1, 0.15) is 77.6 Å². The van der Waals surface area contributed by atoms with Gasteiger partial charge in [-0.3, -0.25) is 17.7 Å². The van der Waals surface area contributed by atoms with Crippen LogP contribution in [-0.2, 0) is 18.0 Å². The monoisotopic (exact) mass is 579 g/mol. The molecule has 7 nitrogen and oxygen atoms in total. The van der Waals surface area contributed by atoms with Crippen molar-refractivity contribution in [2.45, 2.75) is 88.7 Å². The van der Waals surface area contributed by atoms with E-state index in [1.54, 1.807) is 0 Å². The van der Waals surface area contributed by atoms with Gasteiger partial charge in [-0.15, -0.1) is 0 Å². The molecule has 0 aliphatic heterocycles. The number of hydrogen-bond donors (Lipinski definition) is 2. The number of unbranched alkanes of at least 4 members (excludes halogenated alkanes) is 7. The Morgan fingerprint density at radius 1 is 1.03 bits per heavy atom. The Bertz CT molecular complexity index is 702. The van der Waals surface area contributed by atoms with Gasteiger partial charge in [0, 0.05) is 6.42 Å². The third-order valence-corrected chi connectivity index (χ3v) is 6.19. The molecule has 31 heavy (non-hydrogen) atoms. The third-order valence-electron chi connectivity index (χ3n) is 4.71. The second-order valence-electron chi connectivity index (χ2n) is 7.32. The first-order valence-electron chi connectivity index (χ1n) is 10.7. The molecule has 0 saturated heterocycles. The van der Waals surface area contributed by atoms with E-state index in [0.717, 1.165) is 32.2 Å². The van der Waals surface area contributed by atoms with Crippen molar-refractivity contribution in [3.05, 3.63) is 24.3 Å². The van der Waals surface area contributed by atoms with Crippen LogP contribution in [0.3, 0.4) is 0 Å². The van der Waals surface area contributed by atoms with Gasteiger partial charge >= 0.3 is 35.5 Å². The molecule has 1 aromatic rings. The summed E-state index contributed by atoms with van der Waals surface area (Å²) in [5.74, 6) is -0.107. The van der Waals surface area contributed by atoms with Crippen molar-refractivity contribution >= 4 is 68.7 Å². The van der Waals surface area contributed by atoms with E-state index in [1.165, 1.54) is 62.8 Å². The van der Waals surface area contributed by atoms with Crippen molar-refractivity contribution < 1.29 is 25.6 Å². The molecule has 1 unspecified atom stereocenters. The van der Waals surface area contributed by atoms with E-state index in [1.807, 2.05) is 23.0 Å². The molecule has 0 fully saturated rings. The topological polar surface area (TPSA) is 102 Å². The molecule has 0 heterocycles. The first-order chi connectivity index (χ1) is 14.4. The summed E-state index contributed by atoms with van der Waals surface area (Å²) in [4.78, 5) is 11.6. The zero-order valence-electron chi connectivity index (χ0n) is 17.6. The molecule has 0 spiro atoms. The van der Waals surface area contributed by atoms with Gasteiger partial charge in [0.25, 0.3) is 10.1 Å². The fourth-order valence-corrected chi connectivity index (χ4v) is 3.90. The van der Waals surface area contributed by atoms with Crippen LogP contribution >= 0.6 is 23.0 Å². The van der Waals surface area contributed by atoms with Crippen molar-refractivity contribution in [3.8, 4) is 5.75 Å². The number of carbonyl (C=O) groups excluding carboxylic acids is 1. The third kappa shape index (κ3) is 15.7. The molecule has 0 bridgehead atoms. The summed E-state index contributed by atoms with van der Waals surface area (Å²) in [6, 6.07) is 5.08. The normalized spacial score (nSPS) is 12.2. The Hall–Kier alpha value is 0.250. The number of ether oxygens (including phenoxy) is 1. The number of nitrogens with one attached hydrogen (secondary N) is 1. The van der Waals surface area contributed by atoms with Crippen LogP contribution in [-0.4, -0.2) is 61.3 Å². The number of hydrogen-bond acceptors (Lipinski definition) is 6. The molecule has 0 aliphatic rings. The molecular formula is C21H35INNaO6S. The van der Waals surface area contributed by atoms with Gasteiger partial charge in [0.2, 0.25) is 0 Å². The van der Waals surface area contributed by atoms with E-state index in [4.69, 9.17) is 12.4 Å². The van der Waals surface area contributed by atoms with Crippen molar-refractivity contribution in [2.75, 3.05) is 6.54 Å². The van der Waals surface area contributed by atoms with E-state index in [-0.39, 0.29) is 52.4 Å². The van der Waals surface area contributed by atoms with Crippen LogP contribution in [0.5, 0.6) is 5.75 Å². The Balaban J connectivity index is 0.00000900. The maximum absolute atomic E-state index is 11.9. The van der Waals surface area contributed by atoms with Crippen LogP contribution < -0.4 is 10.1 Å². The first kappa shape index (κ1) is 31.2. The van der Waals surface area contributed by atoms with E-state index in [2.05, 4.69) is 12.2 Å². The molecule has 0 aromatic heterocycles. The van der Waals surface area contributed by atoms with Crippen molar-refractivity contribution in [3.63, 3.8) is 0 Å². The fraction of sp³-hybridized carbons (Fsp3) is 0.667. The summed E-state index contributed by atoms with van der Waals surface area (Å²) in [6.07, 6.45) is 11.6. The average Bonchev–Trinajstić information content (AvgIpc) is 2.71. The van der Waals surface area contributed by atoms with Crippen LogP contribution in [0.15, 0.2) is 29.2 Å². The molecule has 0 saturated carbocycles. The first-order valence-corrected chi connectivity index (χ1v) is 13.0. The zero-order chi connectivity index (χ0) is 22.2. The quantitative estimate of drug-likeness (QED) is 0.0521. The van der Waals surface area contributed by atoms with E-state index in [9.17, 15) is 13.2 Å². The summed E-state index contributed by atoms with van der Waals surface area (Å²) >= 11 is 1.95. The average molecular weight is 579 g/mol. The summed E-state index contributed by atoms with van der Waals surface area (Å²) in [5.41, 5.74) is 0. The van der Waals surface area contributed by atoms with E-state index in [0.29, 0.717) is 6.42 Å². The van der Waals surface area contributed by atoms with Crippen LogP contribution in [0.2, 0.25) is 0 Å². The summed E-state index contributed by atoms with van der Waals surface area (Å²) < 4.78 is 41.5.